The van der Waals surface area contributed by atoms with Crippen LogP contribution in [0.15, 0.2) is 0 Å². The molecular weight excluding hydrogens is 304 g/mol. The van der Waals surface area contributed by atoms with Gasteiger partial charge in [-0.25, -0.2) is 0 Å². The van der Waals surface area contributed by atoms with E-state index in [1.54, 1.807) is 0 Å². The van der Waals surface area contributed by atoms with E-state index in [2.05, 4.69) is 19.6 Å². The van der Waals surface area contributed by atoms with Crippen molar-refractivity contribution in [3.05, 3.63) is 0 Å². The first kappa shape index (κ1) is 17.9. The molecule has 4 saturated carbocycles. The molecule has 0 spiro atoms. The van der Waals surface area contributed by atoms with E-state index in [1.165, 1.54) is 38.1 Å². The smallest absolute Gasteiger partial charge is 0.147 e. The summed E-state index contributed by atoms with van der Waals surface area (Å²) in [5, 5.41) is 10.8. The lowest BCUT2D eigenvalue weighted by Crippen LogP contribution is -2.62. The van der Waals surface area contributed by atoms with Crippen molar-refractivity contribution in [2.24, 2.45) is 17.3 Å². The highest BCUT2D eigenvalue weighted by molar-refractivity contribution is 6.76. The van der Waals surface area contributed by atoms with Gasteiger partial charge in [-0.15, -0.1) is 0 Å². The molecule has 4 bridgehead atoms. The Kier molecular flexibility index (Phi) is 4.53. The molecule has 4 rings (SSSR count). The first-order valence-electron chi connectivity index (χ1n) is 9.47. The SMILES string of the molecule is CC(C)(O)C12CC3CC(CC(OCOCC[Si](C)(C)C)(C3)C1)C2. The second-order valence-electron chi connectivity index (χ2n) is 10.5. The van der Waals surface area contributed by atoms with Gasteiger partial charge in [-0.1, -0.05) is 19.6 Å². The summed E-state index contributed by atoms with van der Waals surface area (Å²) in [5.74, 6) is 1.48. The van der Waals surface area contributed by atoms with Crippen LogP contribution in [0.3, 0.4) is 0 Å². The van der Waals surface area contributed by atoms with Gasteiger partial charge in [0.25, 0.3) is 0 Å². The number of aliphatic hydroxyl groups is 1. The van der Waals surface area contributed by atoms with E-state index in [-0.39, 0.29) is 11.0 Å². The van der Waals surface area contributed by atoms with Crippen molar-refractivity contribution >= 4 is 8.07 Å². The fourth-order valence-corrected chi connectivity index (χ4v) is 6.42. The normalized spacial score (nSPS) is 39.9. The van der Waals surface area contributed by atoms with Gasteiger partial charge in [0.15, 0.2) is 0 Å². The largest absolute Gasteiger partial charge is 0.390 e. The minimum atomic E-state index is -1.03. The molecule has 0 saturated heterocycles. The predicted molar refractivity (Wildman–Crippen MR) is 96.2 cm³/mol. The van der Waals surface area contributed by atoms with Crippen molar-refractivity contribution in [2.75, 3.05) is 13.4 Å². The van der Waals surface area contributed by atoms with Crippen LogP contribution in [0.5, 0.6) is 0 Å². The Balaban J connectivity index is 1.59. The maximum absolute atomic E-state index is 10.8. The monoisotopic (exact) mass is 340 g/mol. The molecule has 0 aromatic heterocycles. The van der Waals surface area contributed by atoms with E-state index in [4.69, 9.17) is 9.47 Å². The van der Waals surface area contributed by atoms with Crippen molar-refractivity contribution < 1.29 is 14.6 Å². The summed E-state index contributed by atoms with van der Waals surface area (Å²) in [6.07, 6.45) is 7.11. The molecule has 0 heterocycles. The second-order valence-corrected chi connectivity index (χ2v) is 16.1. The molecule has 3 nitrogen and oxygen atoms in total. The van der Waals surface area contributed by atoms with Gasteiger partial charge in [-0.3, -0.25) is 0 Å². The minimum absolute atomic E-state index is 0.0246. The third-order valence-corrected chi connectivity index (χ3v) is 8.45. The van der Waals surface area contributed by atoms with Crippen LogP contribution < -0.4 is 0 Å². The van der Waals surface area contributed by atoms with Gasteiger partial charge < -0.3 is 14.6 Å². The molecule has 2 unspecified atom stereocenters. The zero-order valence-corrected chi connectivity index (χ0v) is 16.8. The van der Waals surface area contributed by atoms with Crippen LogP contribution in [0.25, 0.3) is 0 Å². The highest BCUT2D eigenvalue weighted by Gasteiger charge is 2.62. The summed E-state index contributed by atoms with van der Waals surface area (Å²) >= 11 is 0. The van der Waals surface area contributed by atoms with Crippen molar-refractivity contribution in [1.82, 2.24) is 0 Å². The molecule has 0 radical (unpaired) electrons. The summed E-state index contributed by atoms with van der Waals surface area (Å²) in [6, 6.07) is 1.20. The number of ether oxygens (including phenoxy) is 2. The Morgan fingerprint density at radius 2 is 1.70 bits per heavy atom. The molecule has 0 aliphatic heterocycles. The Labute approximate surface area is 143 Å². The lowest BCUT2D eigenvalue weighted by atomic mass is 9.44. The molecule has 134 valence electrons. The summed E-state index contributed by atoms with van der Waals surface area (Å²) < 4.78 is 12.2. The van der Waals surface area contributed by atoms with Gasteiger partial charge in [0, 0.05) is 20.1 Å². The maximum atomic E-state index is 10.8. The zero-order chi connectivity index (χ0) is 16.9. The van der Waals surface area contributed by atoms with Gasteiger partial charge in [0.2, 0.25) is 0 Å². The molecule has 0 aromatic rings. The van der Waals surface area contributed by atoms with E-state index in [0.717, 1.165) is 24.9 Å². The lowest BCUT2D eigenvalue weighted by molar-refractivity contribution is -0.258. The molecule has 4 fully saturated rings. The van der Waals surface area contributed by atoms with E-state index in [9.17, 15) is 5.11 Å². The van der Waals surface area contributed by atoms with Crippen molar-refractivity contribution in [3.8, 4) is 0 Å². The molecular formula is C19H36O3Si. The van der Waals surface area contributed by atoms with Crippen molar-refractivity contribution in [3.63, 3.8) is 0 Å². The summed E-state index contributed by atoms with van der Waals surface area (Å²) in [6.45, 7) is 12.4. The van der Waals surface area contributed by atoms with Crippen LogP contribution >= 0.6 is 0 Å². The van der Waals surface area contributed by atoms with Crippen LogP contribution in [0, 0.1) is 17.3 Å². The van der Waals surface area contributed by atoms with E-state index in [1.807, 2.05) is 13.8 Å². The molecule has 1 N–H and O–H groups in total. The van der Waals surface area contributed by atoms with E-state index >= 15 is 0 Å². The Bertz CT molecular complexity index is 421. The van der Waals surface area contributed by atoms with E-state index in [0.29, 0.717) is 6.79 Å². The lowest BCUT2D eigenvalue weighted by Gasteiger charge is -2.64. The summed E-state index contributed by atoms with van der Waals surface area (Å²) in [5.41, 5.74) is -0.559. The third-order valence-electron chi connectivity index (χ3n) is 6.75. The first-order chi connectivity index (χ1) is 10.5. The number of hydrogen-bond acceptors (Lipinski definition) is 3. The van der Waals surface area contributed by atoms with Gasteiger partial charge in [0.05, 0.1) is 11.2 Å². The Hall–Kier alpha value is 0.0969. The average Bonchev–Trinajstić information content (AvgIpc) is 2.33. The highest BCUT2D eigenvalue weighted by atomic mass is 28.3. The summed E-state index contributed by atoms with van der Waals surface area (Å²) in [4.78, 5) is 0. The van der Waals surface area contributed by atoms with Gasteiger partial charge >= 0.3 is 0 Å². The van der Waals surface area contributed by atoms with Gasteiger partial charge in [-0.05, 0) is 70.3 Å². The van der Waals surface area contributed by atoms with Crippen LogP contribution in [0.4, 0.5) is 0 Å². The average molecular weight is 341 g/mol. The van der Waals surface area contributed by atoms with Crippen LogP contribution in [-0.4, -0.2) is 37.8 Å². The fraction of sp³-hybridized carbons (Fsp3) is 1.00. The quantitative estimate of drug-likeness (QED) is 0.423. The minimum Gasteiger partial charge on any atom is -0.390 e. The van der Waals surface area contributed by atoms with E-state index < -0.39 is 13.7 Å². The number of hydrogen-bond donors (Lipinski definition) is 1. The molecule has 4 heteroatoms. The molecule has 0 amide bonds. The molecule has 4 aliphatic carbocycles. The molecule has 0 aromatic carbocycles. The highest BCUT2D eigenvalue weighted by Crippen LogP contribution is 2.65. The standard InChI is InChI=1S/C19H36O3Si/c1-17(2,20)18-9-15-8-16(10-18)12-19(11-15,13-18)22-14-21-6-7-23(3,4)5/h15-16,20H,6-14H2,1-5H3. The van der Waals surface area contributed by atoms with Crippen LogP contribution in [0.1, 0.15) is 52.4 Å². The zero-order valence-electron chi connectivity index (χ0n) is 15.8. The maximum Gasteiger partial charge on any atom is 0.147 e. The van der Waals surface area contributed by atoms with Crippen LogP contribution in [0.2, 0.25) is 25.7 Å². The number of rotatable bonds is 7. The second kappa shape index (κ2) is 5.82. The van der Waals surface area contributed by atoms with Gasteiger partial charge in [0.1, 0.15) is 6.79 Å². The van der Waals surface area contributed by atoms with Crippen molar-refractivity contribution in [1.29, 1.82) is 0 Å². The Morgan fingerprint density at radius 1 is 1.09 bits per heavy atom. The topological polar surface area (TPSA) is 38.7 Å². The Morgan fingerprint density at radius 3 is 2.22 bits per heavy atom. The van der Waals surface area contributed by atoms with Gasteiger partial charge in [-0.2, -0.15) is 0 Å². The molecule has 4 aliphatic rings. The predicted octanol–water partition coefficient (Wildman–Crippen LogP) is 4.43. The summed E-state index contributed by atoms with van der Waals surface area (Å²) in [7, 11) is -1.03. The van der Waals surface area contributed by atoms with Crippen molar-refractivity contribution in [2.45, 2.75) is 89.3 Å². The fourth-order valence-electron chi connectivity index (χ4n) is 5.67. The van der Waals surface area contributed by atoms with Crippen LogP contribution in [-0.2, 0) is 9.47 Å². The third kappa shape index (κ3) is 3.70. The molecule has 2 atom stereocenters. The first-order valence-corrected chi connectivity index (χ1v) is 13.2. The molecule has 23 heavy (non-hydrogen) atoms.